The van der Waals surface area contributed by atoms with Crippen molar-refractivity contribution >= 4 is 60.2 Å². The number of methoxy groups -OCH3 is 2. The monoisotopic (exact) mass is 706 g/mol. The molecule has 4 rings (SSSR count). The maximum absolute atomic E-state index is 14.2. The van der Waals surface area contributed by atoms with Gasteiger partial charge in [-0.15, -0.1) is 0 Å². The maximum Gasteiger partial charge on any atom is 0.331 e. The van der Waals surface area contributed by atoms with Crippen LogP contribution in [0.5, 0.6) is 11.5 Å². The minimum absolute atomic E-state index is 0.0171. The zero-order valence-electron chi connectivity index (χ0n) is 27.4. The molecule has 2 heterocycles. The van der Waals surface area contributed by atoms with Crippen LogP contribution in [0.1, 0.15) is 11.3 Å². The number of benzene rings is 2. The van der Waals surface area contributed by atoms with Crippen LogP contribution in [0, 0.1) is 10.1 Å². The van der Waals surface area contributed by atoms with Crippen molar-refractivity contribution in [3.63, 3.8) is 0 Å². The number of anilines is 3. The van der Waals surface area contributed by atoms with Gasteiger partial charge >= 0.3 is 6.03 Å². The Morgan fingerprint density at radius 1 is 1.06 bits per heavy atom. The summed E-state index contributed by atoms with van der Waals surface area (Å²) in [5, 5.41) is 12.3. The van der Waals surface area contributed by atoms with Gasteiger partial charge in [0.25, 0.3) is 5.69 Å². The van der Waals surface area contributed by atoms with E-state index in [0.717, 1.165) is 11.7 Å². The Balaban J connectivity index is 1.63. The Bertz CT molecular complexity index is 1560. The van der Waals surface area contributed by atoms with Crippen LogP contribution in [0.15, 0.2) is 36.7 Å². The first-order valence-corrected chi connectivity index (χ1v) is 19.4. The van der Waals surface area contributed by atoms with Crippen molar-refractivity contribution < 1.29 is 28.7 Å². The molecule has 0 bridgehead atoms. The van der Waals surface area contributed by atoms with Crippen LogP contribution in [0.25, 0.3) is 0 Å². The van der Waals surface area contributed by atoms with Gasteiger partial charge in [0.2, 0.25) is 0 Å². The summed E-state index contributed by atoms with van der Waals surface area (Å²) in [6.07, 6.45) is 1.46. The lowest BCUT2D eigenvalue weighted by Gasteiger charge is -2.30. The number of halogens is 2. The third-order valence-corrected chi connectivity index (χ3v) is 10.1. The number of rotatable bonds is 13. The van der Waals surface area contributed by atoms with Crippen LogP contribution in [-0.4, -0.2) is 89.9 Å². The van der Waals surface area contributed by atoms with Gasteiger partial charge in [-0.3, -0.25) is 19.9 Å². The van der Waals surface area contributed by atoms with Gasteiger partial charge in [-0.2, -0.15) is 0 Å². The Labute approximate surface area is 285 Å². The van der Waals surface area contributed by atoms with Crippen LogP contribution >= 0.6 is 23.2 Å². The summed E-state index contributed by atoms with van der Waals surface area (Å²) in [5.74, 6) is 0.772. The number of morpholine rings is 1. The third-order valence-electron chi connectivity index (χ3n) is 7.62. The standard InChI is InChI=1S/C31H40Cl2N6O7Si/c1-36(31(40)38(20-46-13-14-47(4,5)6)30-28(32)25(43-2)18-26(44-3)29(30)33)27-16-22(34-19-35-27)15-21-7-8-23(17-24(21)39(41)42)37-9-11-45-12-10-37/h7-8,16-19H,9-15,20H2,1-6H3. The van der Waals surface area contributed by atoms with E-state index in [1.165, 1.54) is 36.4 Å². The van der Waals surface area contributed by atoms with E-state index >= 15 is 0 Å². The Morgan fingerprint density at radius 3 is 2.32 bits per heavy atom. The van der Waals surface area contributed by atoms with E-state index in [0.29, 0.717) is 44.2 Å². The minimum atomic E-state index is -1.42. The molecular weight excluding hydrogens is 667 g/mol. The number of aromatic nitrogens is 2. The fraction of sp³-hybridized carbons (Fsp3) is 0.452. The van der Waals surface area contributed by atoms with Gasteiger partial charge < -0.3 is 23.8 Å². The summed E-state index contributed by atoms with van der Waals surface area (Å²) in [6.45, 7) is 9.41. The molecule has 0 N–H and O–H groups in total. The zero-order valence-corrected chi connectivity index (χ0v) is 29.9. The Kier molecular flexibility index (Phi) is 12.3. The molecule has 2 aromatic carbocycles. The average Bonchev–Trinajstić information content (AvgIpc) is 3.05. The van der Waals surface area contributed by atoms with Gasteiger partial charge in [0.1, 0.15) is 40.4 Å². The zero-order chi connectivity index (χ0) is 34.3. The molecule has 1 fully saturated rings. The predicted molar refractivity (Wildman–Crippen MR) is 186 cm³/mol. The van der Waals surface area contributed by atoms with Crippen LogP contribution in [0.4, 0.5) is 27.7 Å². The van der Waals surface area contributed by atoms with E-state index in [1.54, 1.807) is 25.2 Å². The summed E-state index contributed by atoms with van der Waals surface area (Å²) in [6, 6.07) is 8.65. The van der Waals surface area contributed by atoms with Gasteiger partial charge in [-0.1, -0.05) is 42.8 Å². The number of urea groups is 1. The van der Waals surface area contributed by atoms with Gasteiger partial charge in [0, 0.05) is 70.7 Å². The second kappa shape index (κ2) is 15.9. The second-order valence-corrected chi connectivity index (χ2v) is 18.5. The van der Waals surface area contributed by atoms with E-state index in [2.05, 4.69) is 34.5 Å². The lowest BCUT2D eigenvalue weighted by Crippen LogP contribution is -2.43. The molecule has 3 aromatic rings. The molecule has 1 saturated heterocycles. The Hall–Kier alpha value is -3.69. The first-order valence-electron chi connectivity index (χ1n) is 15.0. The number of nitrogens with zero attached hydrogens (tertiary/aromatic N) is 6. The Morgan fingerprint density at radius 2 is 1.72 bits per heavy atom. The SMILES string of the molecule is COc1cc(OC)c(Cl)c(N(COCC[Si](C)(C)C)C(=O)N(C)c2cc(Cc3ccc(N4CCOCC4)cc3[N+](=O)[O-])ncn2)c1Cl. The average molecular weight is 708 g/mol. The van der Waals surface area contributed by atoms with Crippen molar-refractivity contribution in [2.24, 2.45) is 0 Å². The van der Waals surface area contributed by atoms with E-state index in [4.69, 9.17) is 42.1 Å². The van der Waals surface area contributed by atoms with E-state index in [1.807, 2.05) is 6.07 Å². The van der Waals surface area contributed by atoms with Crippen molar-refractivity contribution in [3.05, 3.63) is 68.1 Å². The summed E-state index contributed by atoms with van der Waals surface area (Å²) < 4.78 is 22.3. The van der Waals surface area contributed by atoms with Crippen molar-refractivity contribution in [3.8, 4) is 11.5 Å². The molecule has 254 valence electrons. The summed E-state index contributed by atoms with van der Waals surface area (Å²) >= 11 is 13.4. The lowest BCUT2D eigenvalue weighted by atomic mass is 10.1. The molecule has 1 aromatic heterocycles. The molecule has 0 unspecified atom stereocenters. The van der Waals surface area contributed by atoms with Crippen molar-refractivity contribution in [2.45, 2.75) is 32.1 Å². The van der Waals surface area contributed by atoms with Crippen molar-refractivity contribution in [1.29, 1.82) is 0 Å². The normalized spacial score (nSPS) is 13.3. The van der Waals surface area contributed by atoms with Gasteiger partial charge in [-0.05, 0) is 18.2 Å². The molecule has 0 radical (unpaired) electrons. The van der Waals surface area contributed by atoms with Gasteiger partial charge in [0.05, 0.1) is 43.7 Å². The van der Waals surface area contributed by atoms with E-state index in [9.17, 15) is 14.9 Å². The summed E-state index contributed by atoms with van der Waals surface area (Å²) in [7, 11) is 3.02. The number of nitro benzene ring substituents is 1. The molecule has 0 atom stereocenters. The largest absolute Gasteiger partial charge is 0.495 e. The number of ether oxygens (including phenoxy) is 4. The maximum atomic E-state index is 14.2. The van der Waals surface area contributed by atoms with Crippen LogP contribution in [-0.2, 0) is 15.9 Å². The summed E-state index contributed by atoms with van der Waals surface area (Å²) in [5.41, 5.74) is 1.85. The van der Waals surface area contributed by atoms with Crippen molar-refractivity contribution in [2.75, 3.05) is 75.6 Å². The smallest absolute Gasteiger partial charge is 0.331 e. The highest BCUT2D eigenvalue weighted by atomic mass is 35.5. The number of carbonyl (C=O) groups is 1. The first-order chi connectivity index (χ1) is 22.3. The number of hydrogen-bond acceptors (Lipinski definition) is 10. The van der Waals surface area contributed by atoms with Gasteiger partial charge in [0.15, 0.2) is 0 Å². The molecule has 0 spiro atoms. The highest BCUT2D eigenvalue weighted by Crippen LogP contribution is 2.46. The number of amides is 2. The molecule has 16 heteroatoms. The quantitative estimate of drug-likeness (QED) is 0.0637. The molecule has 47 heavy (non-hydrogen) atoms. The number of carbonyl (C=O) groups excluding carboxylic acids is 1. The first kappa shape index (κ1) is 36.1. The fourth-order valence-electron chi connectivity index (χ4n) is 4.89. The van der Waals surface area contributed by atoms with Crippen LogP contribution < -0.4 is 24.2 Å². The molecular formula is C31H40Cl2N6O7Si. The topological polar surface area (TPSA) is 133 Å². The third kappa shape index (κ3) is 9.02. The highest BCUT2D eigenvalue weighted by molar-refractivity contribution is 6.76. The predicted octanol–water partition coefficient (Wildman–Crippen LogP) is 6.51. The van der Waals surface area contributed by atoms with Crippen LogP contribution in [0.2, 0.25) is 35.7 Å². The molecule has 2 amide bonds. The highest BCUT2D eigenvalue weighted by Gasteiger charge is 2.30. The van der Waals surface area contributed by atoms with E-state index in [-0.39, 0.29) is 51.9 Å². The van der Waals surface area contributed by atoms with Crippen molar-refractivity contribution in [1.82, 2.24) is 9.97 Å². The van der Waals surface area contributed by atoms with E-state index < -0.39 is 19.0 Å². The minimum Gasteiger partial charge on any atom is -0.495 e. The number of nitro groups is 1. The second-order valence-electron chi connectivity index (χ2n) is 12.1. The fourth-order valence-corrected chi connectivity index (χ4v) is 6.35. The molecule has 1 aliphatic heterocycles. The van der Waals surface area contributed by atoms with Crippen LogP contribution in [0.3, 0.4) is 0 Å². The van der Waals surface area contributed by atoms with Gasteiger partial charge in [-0.25, -0.2) is 14.8 Å². The molecule has 0 aliphatic carbocycles. The molecule has 1 aliphatic rings. The molecule has 13 nitrogen and oxygen atoms in total. The number of hydrogen-bond donors (Lipinski definition) is 0. The summed E-state index contributed by atoms with van der Waals surface area (Å²) in [4.78, 5) is 39.1. The molecule has 0 saturated carbocycles. The lowest BCUT2D eigenvalue weighted by molar-refractivity contribution is -0.385.